The molecule has 1 aromatic carbocycles. The van der Waals surface area contributed by atoms with Gasteiger partial charge in [0.2, 0.25) is 0 Å². The third kappa shape index (κ3) is 6.48. The lowest BCUT2D eigenvalue weighted by molar-refractivity contribution is 0.119. The van der Waals surface area contributed by atoms with Crippen LogP contribution < -0.4 is 20.1 Å². The average Bonchev–Trinajstić information content (AvgIpc) is 2.62. The van der Waals surface area contributed by atoms with Gasteiger partial charge < -0.3 is 25.0 Å². The molecule has 8 heteroatoms. The summed E-state index contributed by atoms with van der Waals surface area (Å²) in [6, 6.07) is 6.18. The van der Waals surface area contributed by atoms with E-state index in [1.807, 2.05) is 18.2 Å². The number of halogens is 1. The first kappa shape index (κ1) is 22.8. The number of likely N-dealkylation sites (N-methyl/N-ethyl adjacent to an activating group) is 2. The highest BCUT2D eigenvalue weighted by molar-refractivity contribution is 14.0. The summed E-state index contributed by atoms with van der Waals surface area (Å²) < 4.78 is 10.6. The molecule has 0 bridgehead atoms. The maximum atomic E-state index is 5.36. The van der Waals surface area contributed by atoms with Gasteiger partial charge in [0.05, 0.1) is 20.8 Å². The predicted octanol–water partition coefficient (Wildman–Crippen LogP) is 1.94. The SMILES string of the molecule is CCNC(=NCC1CN(C)CCN1C)Nc1ccc(OC)c(OC)c1.I. The van der Waals surface area contributed by atoms with E-state index in [1.165, 1.54) is 0 Å². The minimum atomic E-state index is 0. The number of hydrogen-bond donors (Lipinski definition) is 2. The number of hydrogen-bond acceptors (Lipinski definition) is 5. The molecule has 1 atom stereocenters. The summed E-state index contributed by atoms with van der Waals surface area (Å²) >= 11 is 0. The van der Waals surface area contributed by atoms with Gasteiger partial charge in [0, 0.05) is 44.0 Å². The second kappa shape index (κ2) is 11.5. The number of guanidine groups is 1. The van der Waals surface area contributed by atoms with Crippen molar-refractivity contribution in [3.05, 3.63) is 18.2 Å². The molecule has 26 heavy (non-hydrogen) atoms. The number of nitrogens with one attached hydrogen (secondary N) is 2. The molecule has 0 aromatic heterocycles. The van der Waals surface area contributed by atoms with E-state index >= 15 is 0 Å². The molecule has 1 fully saturated rings. The Balaban J connectivity index is 0.00000338. The Morgan fingerprint density at radius 3 is 2.58 bits per heavy atom. The molecule has 1 saturated heterocycles. The third-order valence-corrected chi connectivity index (χ3v) is 4.43. The number of ether oxygens (including phenoxy) is 2. The van der Waals surface area contributed by atoms with Crippen LogP contribution in [-0.2, 0) is 0 Å². The fourth-order valence-electron chi connectivity index (χ4n) is 2.85. The molecular weight excluding hydrogens is 445 g/mol. The van der Waals surface area contributed by atoms with Crippen molar-refractivity contribution in [2.24, 2.45) is 4.99 Å². The first-order valence-electron chi connectivity index (χ1n) is 8.73. The van der Waals surface area contributed by atoms with Crippen LogP contribution in [0.1, 0.15) is 6.92 Å². The van der Waals surface area contributed by atoms with Crippen molar-refractivity contribution in [1.29, 1.82) is 0 Å². The quantitative estimate of drug-likeness (QED) is 0.371. The van der Waals surface area contributed by atoms with Crippen molar-refractivity contribution in [2.75, 3.05) is 66.4 Å². The smallest absolute Gasteiger partial charge is 0.195 e. The second-order valence-corrected chi connectivity index (χ2v) is 6.31. The molecule has 148 valence electrons. The topological polar surface area (TPSA) is 61.4 Å². The molecule has 0 spiro atoms. The fourth-order valence-corrected chi connectivity index (χ4v) is 2.85. The predicted molar refractivity (Wildman–Crippen MR) is 118 cm³/mol. The lowest BCUT2D eigenvalue weighted by atomic mass is 10.2. The zero-order valence-electron chi connectivity index (χ0n) is 16.4. The zero-order valence-corrected chi connectivity index (χ0v) is 18.7. The molecule has 0 radical (unpaired) electrons. The Morgan fingerprint density at radius 1 is 1.19 bits per heavy atom. The van der Waals surface area contributed by atoms with Gasteiger partial charge in [-0.1, -0.05) is 0 Å². The number of aliphatic imine (C=N–C) groups is 1. The van der Waals surface area contributed by atoms with Gasteiger partial charge in [-0.05, 0) is 33.2 Å². The Labute approximate surface area is 174 Å². The van der Waals surface area contributed by atoms with E-state index < -0.39 is 0 Å². The van der Waals surface area contributed by atoms with Crippen molar-refractivity contribution in [3.8, 4) is 11.5 Å². The van der Waals surface area contributed by atoms with Gasteiger partial charge in [-0.15, -0.1) is 24.0 Å². The van der Waals surface area contributed by atoms with Crippen LogP contribution >= 0.6 is 24.0 Å². The number of piperazine rings is 1. The van der Waals surface area contributed by atoms with Gasteiger partial charge in [0.1, 0.15) is 0 Å². The summed E-state index contributed by atoms with van der Waals surface area (Å²) in [6.07, 6.45) is 0. The lowest BCUT2D eigenvalue weighted by Gasteiger charge is -2.36. The average molecular weight is 477 g/mol. The maximum absolute atomic E-state index is 5.36. The largest absolute Gasteiger partial charge is 0.493 e. The van der Waals surface area contributed by atoms with Gasteiger partial charge in [0.25, 0.3) is 0 Å². The molecule has 2 N–H and O–H groups in total. The van der Waals surface area contributed by atoms with Crippen molar-refractivity contribution in [2.45, 2.75) is 13.0 Å². The summed E-state index contributed by atoms with van der Waals surface area (Å²) in [4.78, 5) is 9.50. The molecule has 0 aliphatic carbocycles. The molecule has 0 amide bonds. The van der Waals surface area contributed by atoms with Crippen LogP contribution in [0.25, 0.3) is 0 Å². The van der Waals surface area contributed by atoms with Gasteiger partial charge in [-0.25, -0.2) is 0 Å². The van der Waals surface area contributed by atoms with E-state index in [-0.39, 0.29) is 24.0 Å². The fraction of sp³-hybridized carbons (Fsp3) is 0.611. The molecule has 2 rings (SSSR count). The van der Waals surface area contributed by atoms with E-state index in [0.717, 1.165) is 44.4 Å². The first-order valence-corrected chi connectivity index (χ1v) is 8.73. The van der Waals surface area contributed by atoms with Crippen LogP contribution in [0.3, 0.4) is 0 Å². The highest BCUT2D eigenvalue weighted by Gasteiger charge is 2.21. The number of anilines is 1. The van der Waals surface area contributed by atoms with Crippen LogP contribution in [0.15, 0.2) is 23.2 Å². The lowest BCUT2D eigenvalue weighted by Crippen LogP contribution is -2.51. The summed E-state index contributed by atoms with van der Waals surface area (Å²) in [5, 5.41) is 6.64. The maximum Gasteiger partial charge on any atom is 0.195 e. The van der Waals surface area contributed by atoms with Crippen molar-refractivity contribution < 1.29 is 9.47 Å². The van der Waals surface area contributed by atoms with Crippen molar-refractivity contribution in [3.63, 3.8) is 0 Å². The van der Waals surface area contributed by atoms with Crippen LogP contribution in [0.4, 0.5) is 5.69 Å². The number of nitrogens with zero attached hydrogens (tertiary/aromatic N) is 3. The summed E-state index contributed by atoms with van der Waals surface area (Å²) in [5.74, 6) is 2.18. The van der Waals surface area contributed by atoms with Crippen molar-refractivity contribution >= 4 is 35.6 Å². The van der Waals surface area contributed by atoms with E-state index in [4.69, 9.17) is 14.5 Å². The molecule has 1 unspecified atom stereocenters. The van der Waals surface area contributed by atoms with E-state index in [1.54, 1.807) is 14.2 Å². The van der Waals surface area contributed by atoms with Crippen LogP contribution in [0.2, 0.25) is 0 Å². The van der Waals surface area contributed by atoms with Gasteiger partial charge in [-0.3, -0.25) is 9.89 Å². The Hall–Kier alpha value is -1.26. The summed E-state index contributed by atoms with van der Waals surface area (Å²) in [7, 11) is 7.60. The summed E-state index contributed by atoms with van der Waals surface area (Å²) in [6.45, 7) is 6.85. The molecule has 7 nitrogen and oxygen atoms in total. The Morgan fingerprint density at radius 2 is 1.92 bits per heavy atom. The molecule has 1 aliphatic rings. The second-order valence-electron chi connectivity index (χ2n) is 6.31. The van der Waals surface area contributed by atoms with Crippen molar-refractivity contribution in [1.82, 2.24) is 15.1 Å². The third-order valence-electron chi connectivity index (χ3n) is 4.43. The standard InChI is InChI=1S/C18H31N5O2.HI/c1-6-19-18(20-12-15-13-22(2)9-10-23(15)3)21-14-7-8-16(24-4)17(11-14)25-5;/h7-8,11,15H,6,9-10,12-13H2,1-5H3,(H2,19,20,21);1H. The molecule has 0 saturated carbocycles. The molecular formula is C18H32IN5O2. The molecule has 1 aromatic rings. The minimum Gasteiger partial charge on any atom is -0.493 e. The highest BCUT2D eigenvalue weighted by Crippen LogP contribution is 2.29. The highest BCUT2D eigenvalue weighted by atomic mass is 127. The Kier molecular flexibility index (Phi) is 10.0. The Bertz CT molecular complexity index is 585. The van der Waals surface area contributed by atoms with Crippen LogP contribution in [0.5, 0.6) is 11.5 Å². The number of methoxy groups -OCH3 is 2. The van der Waals surface area contributed by atoms with Gasteiger partial charge in [-0.2, -0.15) is 0 Å². The molecule has 1 heterocycles. The van der Waals surface area contributed by atoms with Gasteiger partial charge in [0.15, 0.2) is 17.5 Å². The summed E-state index contributed by atoms with van der Waals surface area (Å²) in [5.41, 5.74) is 0.909. The number of rotatable bonds is 6. The zero-order chi connectivity index (χ0) is 18.2. The van der Waals surface area contributed by atoms with Gasteiger partial charge >= 0.3 is 0 Å². The van der Waals surface area contributed by atoms with E-state index in [9.17, 15) is 0 Å². The number of benzene rings is 1. The minimum absolute atomic E-state index is 0. The van der Waals surface area contributed by atoms with E-state index in [0.29, 0.717) is 17.5 Å². The van der Waals surface area contributed by atoms with E-state index in [2.05, 4.69) is 41.5 Å². The first-order chi connectivity index (χ1) is 12.1. The van der Waals surface area contributed by atoms with Crippen LogP contribution in [0, 0.1) is 0 Å². The normalized spacial score (nSPS) is 18.8. The molecule has 1 aliphatic heterocycles. The van der Waals surface area contributed by atoms with Crippen LogP contribution in [-0.4, -0.2) is 82.8 Å². The monoisotopic (exact) mass is 477 g/mol.